The van der Waals surface area contributed by atoms with Crippen molar-refractivity contribution in [2.24, 2.45) is 0 Å². The third kappa shape index (κ3) is 3.87. The van der Waals surface area contributed by atoms with E-state index in [-0.39, 0.29) is 5.91 Å². The van der Waals surface area contributed by atoms with Crippen LogP contribution in [0.25, 0.3) is 0 Å². The van der Waals surface area contributed by atoms with Crippen LogP contribution in [0, 0.1) is 13.8 Å². The van der Waals surface area contributed by atoms with E-state index in [2.05, 4.69) is 25.6 Å². The Bertz CT molecular complexity index is 896. The first-order valence-electron chi connectivity index (χ1n) is 7.10. The van der Waals surface area contributed by atoms with Crippen LogP contribution in [-0.2, 0) is 0 Å². The van der Waals surface area contributed by atoms with E-state index in [9.17, 15) is 4.79 Å². The Morgan fingerprint density at radius 2 is 2.04 bits per heavy atom. The van der Waals surface area contributed by atoms with E-state index in [1.54, 1.807) is 36.8 Å². The molecule has 122 valence electrons. The Morgan fingerprint density at radius 1 is 1.21 bits per heavy atom. The maximum absolute atomic E-state index is 12.5. The molecule has 3 aromatic heterocycles. The average Bonchev–Trinajstić information content (AvgIpc) is 2.88. The molecule has 0 aromatic carbocycles. The Morgan fingerprint density at radius 3 is 2.79 bits per heavy atom. The van der Waals surface area contributed by atoms with Gasteiger partial charge in [0.05, 0.1) is 21.9 Å². The molecule has 3 rings (SSSR count). The predicted octanol–water partition coefficient (Wildman–Crippen LogP) is 4.20. The number of pyridine rings is 2. The summed E-state index contributed by atoms with van der Waals surface area (Å²) in [5.41, 5.74) is 2.52. The van der Waals surface area contributed by atoms with Crippen molar-refractivity contribution in [3.05, 3.63) is 58.2 Å². The van der Waals surface area contributed by atoms with Crippen LogP contribution in [0.5, 0.6) is 0 Å². The summed E-state index contributed by atoms with van der Waals surface area (Å²) in [6.45, 7) is 3.71. The lowest BCUT2D eigenvalue weighted by Crippen LogP contribution is -2.14. The second-order valence-electron chi connectivity index (χ2n) is 5.07. The molecule has 24 heavy (non-hydrogen) atoms. The SMILES string of the molecule is Cc1cc(NC(=O)c2nc(C)sc2Nc2cncc(Cl)c2)ccn1. The number of aromatic nitrogens is 3. The first-order chi connectivity index (χ1) is 11.5. The van der Waals surface area contributed by atoms with E-state index in [4.69, 9.17) is 11.6 Å². The number of nitrogens with one attached hydrogen (secondary N) is 2. The van der Waals surface area contributed by atoms with E-state index in [1.807, 2.05) is 13.8 Å². The summed E-state index contributed by atoms with van der Waals surface area (Å²) in [6, 6.07) is 5.26. The van der Waals surface area contributed by atoms with Gasteiger partial charge in [0.15, 0.2) is 5.69 Å². The highest BCUT2D eigenvalue weighted by atomic mass is 35.5. The summed E-state index contributed by atoms with van der Waals surface area (Å²) < 4.78 is 0. The van der Waals surface area contributed by atoms with Gasteiger partial charge in [-0.25, -0.2) is 4.98 Å². The summed E-state index contributed by atoms with van der Waals surface area (Å²) >= 11 is 7.33. The normalized spacial score (nSPS) is 10.5. The van der Waals surface area contributed by atoms with Crippen molar-refractivity contribution in [3.8, 4) is 0 Å². The van der Waals surface area contributed by atoms with Crippen LogP contribution in [0.4, 0.5) is 16.4 Å². The second-order valence-corrected chi connectivity index (χ2v) is 6.71. The molecule has 8 heteroatoms. The van der Waals surface area contributed by atoms with E-state index in [0.29, 0.717) is 27.1 Å². The molecule has 0 saturated heterocycles. The number of anilines is 3. The molecule has 0 fully saturated rings. The fourth-order valence-corrected chi connectivity index (χ4v) is 3.10. The second kappa shape index (κ2) is 6.94. The van der Waals surface area contributed by atoms with Gasteiger partial charge >= 0.3 is 0 Å². The summed E-state index contributed by atoms with van der Waals surface area (Å²) in [5.74, 6) is -0.289. The molecule has 2 N–H and O–H groups in total. The molecule has 3 heterocycles. The number of halogens is 1. The van der Waals surface area contributed by atoms with Crippen molar-refractivity contribution in [3.63, 3.8) is 0 Å². The average molecular weight is 360 g/mol. The topological polar surface area (TPSA) is 79.8 Å². The van der Waals surface area contributed by atoms with Crippen molar-refractivity contribution in [2.45, 2.75) is 13.8 Å². The molecule has 0 aliphatic rings. The van der Waals surface area contributed by atoms with Gasteiger partial charge in [-0.3, -0.25) is 14.8 Å². The van der Waals surface area contributed by atoms with Gasteiger partial charge in [0.25, 0.3) is 5.91 Å². The predicted molar refractivity (Wildman–Crippen MR) is 96.3 cm³/mol. The lowest BCUT2D eigenvalue weighted by molar-refractivity contribution is 0.102. The molecule has 1 amide bonds. The Labute approximate surface area is 148 Å². The first kappa shape index (κ1) is 16.4. The molecule has 0 unspecified atom stereocenters. The van der Waals surface area contributed by atoms with Crippen molar-refractivity contribution in [2.75, 3.05) is 10.6 Å². The van der Waals surface area contributed by atoms with E-state index < -0.39 is 0 Å². The van der Waals surface area contributed by atoms with Crippen LogP contribution in [0.2, 0.25) is 5.02 Å². The molecular weight excluding hydrogens is 346 g/mol. The maximum Gasteiger partial charge on any atom is 0.277 e. The Balaban J connectivity index is 1.84. The van der Waals surface area contributed by atoms with Gasteiger partial charge in [-0.15, -0.1) is 11.3 Å². The number of amides is 1. The van der Waals surface area contributed by atoms with Crippen LogP contribution < -0.4 is 10.6 Å². The van der Waals surface area contributed by atoms with E-state index in [1.165, 1.54) is 11.3 Å². The number of carbonyl (C=O) groups is 1. The minimum Gasteiger partial charge on any atom is -0.344 e. The maximum atomic E-state index is 12.5. The van der Waals surface area contributed by atoms with Crippen molar-refractivity contribution in [1.29, 1.82) is 0 Å². The molecule has 6 nitrogen and oxygen atoms in total. The van der Waals surface area contributed by atoms with Crippen molar-refractivity contribution in [1.82, 2.24) is 15.0 Å². The van der Waals surface area contributed by atoms with E-state index in [0.717, 1.165) is 10.7 Å². The molecule has 0 aliphatic heterocycles. The standard InChI is InChI=1S/C16H14ClN5OS/c1-9-5-12(3-4-19-9)21-15(23)14-16(24-10(2)20-14)22-13-6-11(17)7-18-8-13/h3-8,22H,1-2H3,(H,19,21,23). The first-order valence-corrected chi connectivity index (χ1v) is 8.30. The summed E-state index contributed by atoms with van der Waals surface area (Å²) in [5, 5.41) is 7.91. The van der Waals surface area contributed by atoms with Gasteiger partial charge in [-0.05, 0) is 32.0 Å². The van der Waals surface area contributed by atoms with Gasteiger partial charge in [-0.1, -0.05) is 11.6 Å². The number of carbonyl (C=O) groups excluding carboxylic acids is 1. The monoisotopic (exact) mass is 359 g/mol. The zero-order valence-electron chi connectivity index (χ0n) is 13.0. The molecule has 0 aliphatic carbocycles. The molecule has 0 atom stereocenters. The molecule has 0 radical (unpaired) electrons. The fourth-order valence-electron chi connectivity index (χ4n) is 2.09. The van der Waals surface area contributed by atoms with Gasteiger partial charge in [0.2, 0.25) is 0 Å². The number of nitrogens with zero attached hydrogens (tertiary/aromatic N) is 3. The number of hydrogen-bond acceptors (Lipinski definition) is 6. The smallest absolute Gasteiger partial charge is 0.277 e. The Hall–Kier alpha value is -2.51. The zero-order chi connectivity index (χ0) is 17.1. The summed E-state index contributed by atoms with van der Waals surface area (Å²) in [6.07, 6.45) is 4.83. The quantitative estimate of drug-likeness (QED) is 0.729. The minimum absolute atomic E-state index is 0.289. The highest BCUT2D eigenvalue weighted by molar-refractivity contribution is 7.16. The zero-order valence-corrected chi connectivity index (χ0v) is 14.6. The van der Waals surface area contributed by atoms with Crippen LogP contribution in [0.15, 0.2) is 36.8 Å². The van der Waals surface area contributed by atoms with Crippen LogP contribution >= 0.6 is 22.9 Å². The van der Waals surface area contributed by atoms with Crippen LogP contribution in [-0.4, -0.2) is 20.9 Å². The van der Waals surface area contributed by atoms with Crippen molar-refractivity contribution < 1.29 is 4.79 Å². The largest absolute Gasteiger partial charge is 0.344 e. The molecule has 3 aromatic rings. The van der Waals surface area contributed by atoms with Crippen LogP contribution in [0.1, 0.15) is 21.2 Å². The highest BCUT2D eigenvalue weighted by Crippen LogP contribution is 2.29. The molecule has 0 saturated carbocycles. The third-order valence-corrected chi connectivity index (χ3v) is 4.16. The third-order valence-electron chi connectivity index (χ3n) is 3.07. The number of rotatable bonds is 4. The van der Waals surface area contributed by atoms with Gasteiger partial charge in [0, 0.05) is 23.8 Å². The lowest BCUT2D eigenvalue weighted by Gasteiger charge is -2.07. The van der Waals surface area contributed by atoms with Gasteiger partial charge < -0.3 is 10.6 Å². The molecule has 0 bridgehead atoms. The summed E-state index contributed by atoms with van der Waals surface area (Å²) in [7, 11) is 0. The van der Waals surface area contributed by atoms with Crippen LogP contribution in [0.3, 0.4) is 0 Å². The van der Waals surface area contributed by atoms with Gasteiger partial charge in [0.1, 0.15) is 5.00 Å². The molecular formula is C16H14ClN5OS. The number of hydrogen-bond donors (Lipinski definition) is 2. The number of thiazole rings is 1. The van der Waals surface area contributed by atoms with Crippen molar-refractivity contribution >= 4 is 45.2 Å². The lowest BCUT2D eigenvalue weighted by atomic mass is 10.3. The highest BCUT2D eigenvalue weighted by Gasteiger charge is 2.17. The fraction of sp³-hybridized carbons (Fsp3) is 0.125. The number of aryl methyl sites for hydroxylation is 2. The van der Waals surface area contributed by atoms with E-state index >= 15 is 0 Å². The minimum atomic E-state index is -0.289. The molecule has 0 spiro atoms. The Kier molecular flexibility index (Phi) is 4.73. The summed E-state index contributed by atoms with van der Waals surface area (Å²) in [4.78, 5) is 25.0. The van der Waals surface area contributed by atoms with Gasteiger partial charge in [-0.2, -0.15) is 0 Å².